The SMILES string of the molecule is CC[Si](CC)(CC)O[C@H]1C2(Cc3ccccc3)CN(CC(C)C)C[C@@]1(C(O)Cc1ccccc1NC(=O)OC(C)(C)C)CC1(C2)OCCO1. The van der Waals surface area contributed by atoms with Gasteiger partial charge in [0.2, 0.25) is 0 Å². The highest BCUT2D eigenvalue weighted by molar-refractivity contribution is 6.73. The quantitative estimate of drug-likeness (QED) is 0.205. The van der Waals surface area contributed by atoms with Gasteiger partial charge in [-0.3, -0.25) is 5.32 Å². The molecule has 272 valence electrons. The Hall–Kier alpha value is -2.27. The first-order valence-corrected chi connectivity index (χ1v) is 21.2. The van der Waals surface area contributed by atoms with Crippen LogP contribution in [0.4, 0.5) is 10.5 Å². The number of aliphatic hydroxyl groups excluding tert-OH is 1. The zero-order valence-corrected chi connectivity index (χ0v) is 32.3. The molecule has 1 spiro atoms. The van der Waals surface area contributed by atoms with E-state index in [0.29, 0.717) is 44.2 Å². The summed E-state index contributed by atoms with van der Waals surface area (Å²) < 4.78 is 26.7. The second kappa shape index (κ2) is 15.1. The Labute approximate surface area is 296 Å². The number of hydrogen-bond donors (Lipinski definition) is 2. The number of hydrogen-bond acceptors (Lipinski definition) is 7. The predicted octanol–water partition coefficient (Wildman–Crippen LogP) is 8.05. The number of ether oxygens (including phenoxy) is 3. The summed E-state index contributed by atoms with van der Waals surface area (Å²) in [5.41, 5.74) is 1.10. The molecule has 9 heteroatoms. The topological polar surface area (TPSA) is 89.5 Å². The lowest BCUT2D eigenvalue weighted by atomic mass is 9.51. The van der Waals surface area contributed by atoms with Crippen molar-refractivity contribution >= 4 is 20.1 Å². The van der Waals surface area contributed by atoms with E-state index >= 15 is 0 Å². The van der Waals surface area contributed by atoms with Crippen molar-refractivity contribution in [2.45, 2.75) is 123 Å². The summed E-state index contributed by atoms with van der Waals surface area (Å²) >= 11 is 0. The summed E-state index contributed by atoms with van der Waals surface area (Å²) in [4.78, 5) is 15.5. The number of amides is 1. The average molecular weight is 695 g/mol. The summed E-state index contributed by atoms with van der Waals surface area (Å²) in [5.74, 6) is -0.328. The first kappa shape index (κ1) is 38.0. The van der Waals surface area contributed by atoms with Gasteiger partial charge in [0, 0.05) is 55.4 Å². The van der Waals surface area contributed by atoms with E-state index in [0.717, 1.165) is 49.6 Å². The summed E-state index contributed by atoms with van der Waals surface area (Å²) in [7, 11) is -2.17. The molecule has 4 atom stereocenters. The number of anilines is 1. The van der Waals surface area contributed by atoms with Gasteiger partial charge in [-0.2, -0.15) is 0 Å². The monoisotopic (exact) mass is 694 g/mol. The van der Waals surface area contributed by atoms with Crippen LogP contribution in [0.1, 0.15) is 79.4 Å². The molecule has 3 fully saturated rings. The maximum Gasteiger partial charge on any atom is 0.412 e. The molecule has 8 nitrogen and oxygen atoms in total. The van der Waals surface area contributed by atoms with Crippen molar-refractivity contribution in [1.29, 1.82) is 0 Å². The molecule has 2 saturated heterocycles. The Balaban J connectivity index is 1.65. The molecule has 5 rings (SSSR count). The van der Waals surface area contributed by atoms with Gasteiger partial charge in [-0.15, -0.1) is 0 Å². The fourth-order valence-corrected chi connectivity index (χ4v) is 12.2. The molecule has 1 saturated carbocycles. The van der Waals surface area contributed by atoms with Gasteiger partial charge in [-0.05, 0) is 68.4 Å². The van der Waals surface area contributed by atoms with Crippen LogP contribution in [0.25, 0.3) is 0 Å². The summed E-state index contributed by atoms with van der Waals surface area (Å²) in [6, 6.07) is 21.6. The van der Waals surface area contributed by atoms with E-state index in [9.17, 15) is 9.90 Å². The molecule has 3 aliphatic rings. The van der Waals surface area contributed by atoms with Gasteiger partial charge >= 0.3 is 6.09 Å². The van der Waals surface area contributed by atoms with Crippen LogP contribution in [0, 0.1) is 16.7 Å². The molecular formula is C40H62N2O6Si. The number of piperidine rings is 1. The van der Waals surface area contributed by atoms with E-state index in [-0.39, 0.29) is 11.5 Å². The molecule has 49 heavy (non-hydrogen) atoms. The van der Waals surface area contributed by atoms with Crippen LogP contribution >= 0.6 is 0 Å². The summed E-state index contributed by atoms with van der Waals surface area (Å²) in [6.45, 7) is 20.6. The predicted molar refractivity (Wildman–Crippen MR) is 198 cm³/mol. The first-order chi connectivity index (χ1) is 23.2. The van der Waals surface area contributed by atoms with Gasteiger partial charge in [0.1, 0.15) is 5.60 Å². The van der Waals surface area contributed by atoms with E-state index in [2.05, 4.69) is 75.2 Å². The maximum atomic E-state index is 13.0. The third-order valence-corrected chi connectivity index (χ3v) is 15.8. The Kier molecular flexibility index (Phi) is 11.7. The number of fused-ring (bicyclic) bond motifs is 2. The Morgan fingerprint density at radius 2 is 1.61 bits per heavy atom. The highest BCUT2D eigenvalue weighted by Gasteiger charge is 2.69. The van der Waals surface area contributed by atoms with E-state index in [1.165, 1.54) is 5.56 Å². The minimum Gasteiger partial charge on any atom is -0.444 e. The third-order valence-electron chi connectivity index (χ3n) is 11.2. The molecular weight excluding hydrogens is 633 g/mol. The lowest BCUT2D eigenvalue weighted by Gasteiger charge is -2.67. The number of aliphatic hydroxyl groups is 1. The van der Waals surface area contributed by atoms with E-state index in [4.69, 9.17) is 18.6 Å². The second-order valence-corrected chi connectivity index (χ2v) is 21.3. The van der Waals surface area contributed by atoms with Crippen LogP contribution < -0.4 is 5.32 Å². The van der Waals surface area contributed by atoms with Crippen LogP contribution in [-0.2, 0) is 31.5 Å². The molecule has 2 heterocycles. The number of benzene rings is 2. The van der Waals surface area contributed by atoms with Gasteiger partial charge in [0.05, 0.1) is 25.4 Å². The number of nitrogens with one attached hydrogen (secondary N) is 1. The molecule has 2 aromatic carbocycles. The Morgan fingerprint density at radius 1 is 0.980 bits per heavy atom. The van der Waals surface area contributed by atoms with Gasteiger partial charge in [-0.25, -0.2) is 4.79 Å². The number of para-hydroxylation sites is 1. The highest BCUT2D eigenvalue weighted by Crippen LogP contribution is 2.61. The van der Waals surface area contributed by atoms with Crippen molar-refractivity contribution in [2.75, 3.05) is 38.2 Å². The van der Waals surface area contributed by atoms with Crippen LogP contribution in [0.5, 0.6) is 0 Å². The molecule has 0 radical (unpaired) electrons. The van der Waals surface area contributed by atoms with Crippen molar-refractivity contribution in [3.05, 3.63) is 65.7 Å². The Bertz CT molecular complexity index is 1380. The van der Waals surface area contributed by atoms with Crippen LogP contribution in [0.15, 0.2) is 54.6 Å². The average Bonchev–Trinajstić information content (AvgIpc) is 3.47. The van der Waals surface area contributed by atoms with Gasteiger partial charge in [0.25, 0.3) is 0 Å². The second-order valence-electron chi connectivity index (χ2n) is 16.5. The minimum atomic E-state index is -2.17. The van der Waals surface area contributed by atoms with Crippen LogP contribution in [0.2, 0.25) is 18.1 Å². The van der Waals surface area contributed by atoms with Crippen molar-refractivity contribution < 1.29 is 28.5 Å². The van der Waals surface area contributed by atoms with Crippen molar-refractivity contribution in [1.82, 2.24) is 4.90 Å². The smallest absolute Gasteiger partial charge is 0.412 e. The molecule has 1 amide bonds. The molecule has 1 aliphatic carbocycles. The van der Waals surface area contributed by atoms with Crippen LogP contribution in [0.3, 0.4) is 0 Å². The first-order valence-electron chi connectivity index (χ1n) is 18.7. The maximum absolute atomic E-state index is 13.0. The fourth-order valence-electron chi connectivity index (χ4n) is 9.19. The lowest BCUT2D eigenvalue weighted by molar-refractivity contribution is -0.300. The fraction of sp³-hybridized carbons (Fsp3) is 0.675. The van der Waals surface area contributed by atoms with Crippen molar-refractivity contribution in [2.24, 2.45) is 16.7 Å². The highest BCUT2D eigenvalue weighted by atomic mass is 28.4. The Morgan fingerprint density at radius 3 is 2.22 bits per heavy atom. The number of carbonyl (C=O) groups is 1. The van der Waals surface area contributed by atoms with Crippen molar-refractivity contribution in [3.63, 3.8) is 0 Å². The molecule has 2 bridgehead atoms. The van der Waals surface area contributed by atoms with E-state index < -0.39 is 37.3 Å². The van der Waals surface area contributed by atoms with Crippen LogP contribution in [-0.4, -0.2) is 80.9 Å². The number of carbonyl (C=O) groups excluding carboxylic acids is 1. The normalized spacial score (nSPS) is 26.2. The van der Waals surface area contributed by atoms with Gasteiger partial charge < -0.3 is 28.6 Å². The lowest BCUT2D eigenvalue weighted by Crippen LogP contribution is -2.75. The number of nitrogens with zero attached hydrogens (tertiary/aromatic N) is 1. The largest absolute Gasteiger partial charge is 0.444 e. The summed E-state index contributed by atoms with van der Waals surface area (Å²) in [5, 5.41) is 16.0. The van der Waals surface area contributed by atoms with Gasteiger partial charge in [0.15, 0.2) is 14.1 Å². The zero-order valence-electron chi connectivity index (χ0n) is 31.3. The molecule has 2 aromatic rings. The molecule has 2 unspecified atom stereocenters. The standard InChI is InChI=1S/C40H62N2O6Si/c1-9-49(10-2,11-3)48-35-38(24-31-17-13-12-14-18-31)26-40(45-21-22-46-40)27-39(35,29-42(28-38)25-30(4)5)34(43)23-32-19-15-16-20-33(32)41-36(44)47-37(6,7)8/h12-20,30,34-35,43H,9-11,21-29H2,1-8H3,(H,41,44)/t34?,35-,38?,39+/m0/s1. The van der Waals surface area contributed by atoms with Gasteiger partial charge in [-0.1, -0.05) is 83.1 Å². The summed E-state index contributed by atoms with van der Waals surface area (Å²) in [6.07, 6.45) is 0.930. The zero-order chi connectivity index (χ0) is 35.5. The van der Waals surface area contributed by atoms with E-state index in [1.807, 2.05) is 45.0 Å². The molecule has 0 aromatic heterocycles. The third kappa shape index (κ3) is 8.45. The number of likely N-dealkylation sites (tertiary alicyclic amines) is 1. The molecule has 2 aliphatic heterocycles. The van der Waals surface area contributed by atoms with E-state index in [1.54, 1.807) is 0 Å². The molecule has 2 N–H and O–H groups in total. The number of rotatable bonds is 13. The minimum absolute atomic E-state index is 0.200. The van der Waals surface area contributed by atoms with Crippen molar-refractivity contribution in [3.8, 4) is 0 Å².